The van der Waals surface area contributed by atoms with E-state index in [1.54, 1.807) is 6.20 Å². The smallest absolute Gasteiger partial charge is 0.150 e. The molecule has 0 fully saturated rings. The number of hydrogen-bond donors (Lipinski definition) is 1. The van der Waals surface area contributed by atoms with E-state index in [1.165, 1.54) is 0 Å². The fourth-order valence-corrected chi connectivity index (χ4v) is 3.10. The van der Waals surface area contributed by atoms with Gasteiger partial charge in [-0.15, -0.1) is 0 Å². The first-order valence-electron chi connectivity index (χ1n) is 6.74. The predicted octanol–water partition coefficient (Wildman–Crippen LogP) is 3.99. The Bertz CT molecular complexity index is 813. The molecular formula is C17H16N2OS. The Kier molecular flexibility index (Phi) is 3.71. The first kappa shape index (κ1) is 13.8. The molecule has 0 aliphatic carbocycles. The van der Waals surface area contributed by atoms with Gasteiger partial charge in [0.25, 0.3) is 0 Å². The molecule has 4 heteroatoms. The first-order valence-corrected chi connectivity index (χ1v) is 7.89. The van der Waals surface area contributed by atoms with E-state index >= 15 is 0 Å². The zero-order valence-corrected chi connectivity index (χ0v) is 12.8. The van der Waals surface area contributed by atoms with Crippen molar-refractivity contribution in [2.45, 2.75) is 18.7 Å². The molecule has 106 valence electrons. The Morgan fingerprint density at radius 3 is 2.52 bits per heavy atom. The highest BCUT2D eigenvalue weighted by atomic mass is 32.2. The van der Waals surface area contributed by atoms with Crippen molar-refractivity contribution in [3.05, 3.63) is 65.9 Å². The molecule has 1 aromatic heterocycles. The van der Waals surface area contributed by atoms with Gasteiger partial charge < -0.3 is 0 Å². The normalized spacial score (nSPS) is 12.3. The fourth-order valence-electron chi connectivity index (χ4n) is 2.24. The molecule has 3 rings (SSSR count). The minimum absolute atomic E-state index is 0.756. The lowest BCUT2D eigenvalue weighted by atomic mass is 10.1. The number of anilines is 1. The summed E-state index contributed by atoms with van der Waals surface area (Å²) in [6, 6.07) is 15.6. The van der Waals surface area contributed by atoms with E-state index in [-0.39, 0.29) is 0 Å². The molecule has 0 amide bonds. The minimum atomic E-state index is -1.30. The third-order valence-electron chi connectivity index (χ3n) is 3.29. The van der Waals surface area contributed by atoms with E-state index in [2.05, 4.69) is 15.8 Å². The summed E-state index contributed by atoms with van der Waals surface area (Å²) >= 11 is 0. The summed E-state index contributed by atoms with van der Waals surface area (Å²) in [5, 5.41) is 1.04. The maximum atomic E-state index is 12.5. The van der Waals surface area contributed by atoms with E-state index in [9.17, 15) is 4.21 Å². The lowest BCUT2D eigenvalue weighted by Gasteiger charge is -2.10. The van der Waals surface area contributed by atoms with E-state index in [4.69, 9.17) is 0 Å². The van der Waals surface area contributed by atoms with Gasteiger partial charge in [-0.3, -0.25) is 9.71 Å². The van der Waals surface area contributed by atoms with Crippen molar-refractivity contribution in [3.63, 3.8) is 0 Å². The monoisotopic (exact) mass is 296 g/mol. The van der Waals surface area contributed by atoms with Crippen LogP contribution in [0.3, 0.4) is 0 Å². The Morgan fingerprint density at radius 2 is 1.76 bits per heavy atom. The van der Waals surface area contributed by atoms with Gasteiger partial charge in [-0.05, 0) is 49.7 Å². The van der Waals surface area contributed by atoms with Crippen molar-refractivity contribution in [2.75, 3.05) is 4.72 Å². The number of nitrogens with zero attached hydrogens (tertiary/aromatic N) is 1. The summed E-state index contributed by atoms with van der Waals surface area (Å²) in [6.07, 6.45) is 1.75. The SMILES string of the molecule is Cc1ccc(S(=O)Nc2cc(C)cc3cccnc23)cc1. The molecule has 3 aromatic rings. The Morgan fingerprint density at radius 1 is 1.00 bits per heavy atom. The average molecular weight is 296 g/mol. The van der Waals surface area contributed by atoms with Crippen LogP contribution in [0.2, 0.25) is 0 Å². The van der Waals surface area contributed by atoms with Crippen molar-refractivity contribution >= 4 is 27.6 Å². The van der Waals surface area contributed by atoms with Crippen LogP contribution < -0.4 is 4.72 Å². The maximum absolute atomic E-state index is 12.5. The summed E-state index contributed by atoms with van der Waals surface area (Å²) in [6.45, 7) is 4.03. The second-order valence-corrected chi connectivity index (χ2v) is 6.28. The largest absolute Gasteiger partial charge is 0.299 e. The molecule has 0 saturated heterocycles. The second kappa shape index (κ2) is 5.66. The van der Waals surface area contributed by atoms with Crippen LogP contribution in [0.5, 0.6) is 0 Å². The number of rotatable bonds is 3. The zero-order chi connectivity index (χ0) is 14.8. The number of pyridine rings is 1. The van der Waals surface area contributed by atoms with Gasteiger partial charge in [-0.25, -0.2) is 4.21 Å². The number of aromatic nitrogens is 1. The number of nitrogens with one attached hydrogen (secondary N) is 1. The highest BCUT2D eigenvalue weighted by Gasteiger charge is 2.08. The van der Waals surface area contributed by atoms with Crippen molar-refractivity contribution in [1.82, 2.24) is 4.98 Å². The molecule has 0 saturated carbocycles. The van der Waals surface area contributed by atoms with Crippen LogP contribution in [0, 0.1) is 13.8 Å². The Labute approximate surface area is 126 Å². The van der Waals surface area contributed by atoms with E-state index in [0.29, 0.717) is 0 Å². The van der Waals surface area contributed by atoms with Crippen molar-refractivity contribution in [2.24, 2.45) is 0 Å². The van der Waals surface area contributed by atoms with Crippen LogP contribution in [0.25, 0.3) is 10.9 Å². The Hall–Kier alpha value is -2.20. The topological polar surface area (TPSA) is 42.0 Å². The highest BCUT2D eigenvalue weighted by molar-refractivity contribution is 7.86. The van der Waals surface area contributed by atoms with Gasteiger partial charge in [0, 0.05) is 11.6 Å². The number of hydrogen-bond acceptors (Lipinski definition) is 2. The predicted molar refractivity (Wildman–Crippen MR) is 87.7 cm³/mol. The summed E-state index contributed by atoms with van der Waals surface area (Å²) in [4.78, 5) is 5.14. The minimum Gasteiger partial charge on any atom is -0.299 e. The van der Waals surface area contributed by atoms with Gasteiger partial charge >= 0.3 is 0 Å². The molecule has 0 radical (unpaired) electrons. The van der Waals surface area contributed by atoms with Crippen LogP contribution in [0.1, 0.15) is 11.1 Å². The molecular weight excluding hydrogens is 280 g/mol. The second-order valence-electron chi connectivity index (χ2n) is 5.07. The van der Waals surface area contributed by atoms with Gasteiger partial charge in [0.15, 0.2) is 0 Å². The fraction of sp³-hybridized carbons (Fsp3) is 0.118. The van der Waals surface area contributed by atoms with Crippen LogP contribution in [0.15, 0.2) is 59.6 Å². The van der Waals surface area contributed by atoms with Gasteiger partial charge in [-0.2, -0.15) is 0 Å². The summed E-state index contributed by atoms with van der Waals surface area (Å²) < 4.78 is 15.5. The van der Waals surface area contributed by atoms with E-state index < -0.39 is 11.0 Å². The standard InChI is InChI=1S/C17H16N2OS/c1-12-5-7-15(8-6-12)21(20)19-16-11-13(2)10-14-4-3-9-18-17(14)16/h3-11,19H,1-2H3. The molecule has 2 aromatic carbocycles. The summed E-state index contributed by atoms with van der Waals surface area (Å²) in [7, 11) is -1.30. The van der Waals surface area contributed by atoms with Crippen LogP contribution in [0.4, 0.5) is 5.69 Å². The molecule has 1 heterocycles. The van der Waals surface area contributed by atoms with Crippen molar-refractivity contribution in [3.8, 4) is 0 Å². The van der Waals surface area contributed by atoms with Gasteiger partial charge in [-0.1, -0.05) is 23.8 Å². The molecule has 0 bridgehead atoms. The molecule has 1 atom stereocenters. The zero-order valence-electron chi connectivity index (χ0n) is 12.0. The van der Waals surface area contributed by atoms with Gasteiger partial charge in [0.1, 0.15) is 11.0 Å². The molecule has 1 N–H and O–H groups in total. The Balaban J connectivity index is 1.98. The van der Waals surface area contributed by atoms with Crippen LogP contribution in [-0.4, -0.2) is 9.19 Å². The van der Waals surface area contributed by atoms with Crippen LogP contribution >= 0.6 is 0 Å². The van der Waals surface area contributed by atoms with Gasteiger partial charge in [0.2, 0.25) is 0 Å². The maximum Gasteiger partial charge on any atom is 0.150 e. The average Bonchev–Trinajstić information content (AvgIpc) is 2.47. The van der Waals surface area contributed by atoms with E-state index in [1.807, 2.05) is 56.3 Å². The molecule has 3 nitrogen and oxygen atoms in total. The summed E-state index contributed by atoms with van der Waals surface area (Å²) in [5.74, 6) is 0. The van der Waals surface area contributed by atoms with Gasteiger partial charge in [0.05, 0.1) is 16.1 Å². The third-order valence-corrected chi connectivity index (χ3v) is 4.39. The van der Waals surface area contributed by atoms with E-state index in [0.717, 1.165) is 32.6 Å². The highest BCUT2D eigenvalue weighted by Crippen LogP contribution is 2.24. The third kappa shape index (κ3) is 2.95. The molecule has 0 spiro atoms. The lowest BCUT2D eigenvalue weighted by Crippen LogP contribution is -2.06. The summed E-state index contributed by atoms with van der Waals surface area (Å²) in [5.41, 5.74) is 3.89. The lowest BCUT2D eigenvalue weighted by molar-refractivity contribution is 0.686. The number of benzene rings is 2. The van der Waals surface area contributed by atoms with Crippen molar-refractivity contribution < 1.29 is 4.21 Å². The first-order chi connectivity index (χ1) is 10.1. The number of aryl methyl sites for hydroxylation is 2. The molecule has 0 aliphatic heterocycles. The van der Waals surface area contributed by atoms with Crippen molar-refractivity contribution in [1.29, 1.82) is 0 Å². The number of fused-ring (bicyclic) bond motifs is 1. The quantitative estimate of drug-likeness (QED) is 0.794. The molecule has 1 unspecified atom stereocenters. The van der Waals surface area contributed by atoms with Crippen LogP contribution in [-0.2, 0) is 11.0 Å². The molecule has 0 aliphatic rings. The molecule has 21 heavy (non-hydrogen) atoms.